The molecule has 3 aliphatic heterocycles. The number of rotatable bonds is 49. The van der Waals surface area contributed by atoms with Gasteiger partial charge >= 0.3 is 0 Å². The maximum atomic E-state index is 13.4. The number of aliphatic hydroxyl groups excluding tert-OH is 11. The molecule has 3 aliphatic rings. The molecule has 3 rings (SSSR count). The highest BCUT2D eigenvalue weighted by molar-refractivity contribution is 5.76. The standard InChI is InChI=1S/C66H117NO18/c1-3-5-7-9-11-13-15-17-18-19-20-21-22-23-24-25-26-27-28-29-30-32-34-36-38-40-42-44-54(72)67-49(50(71)43-41-39-37-35-33-31-16-14-12-10-8-6-4-2)48-80-64-60(78)57(75)62(52(46-69)82-64)85-66-61(79)58(76)63(53(47-70)83-66)84-65-59(77)56(74)55(73)51(45-68)81-65/h15,17,19-20,22-23,33,35,41,43,49-53,55-66,68-71,73-79H,3-14,16,18,21,24-32,34,36-40,42,44-48H2,1-2H3,(H,67,72)/b17-15-,20-19-,23-22-,35-33+,43-41+. The lowest BCUT2D eigenvalue weighted by Crippen LogP contribution is -2.66. The van der Waals surface area contributed by atoms with Crippen LogP contribution in [0, 0.1) is 0 Å². The van der Waals surface area contributed by atoms with E-state index in [0.29, 0.717) is 12.8 Å². The first-order chi connectivity index (χ1) is 41.3. The van der Waals surface area contributed by atoms with E-state index in [-0.39, 0.29) is 18.9 Å². The van der Waals surface area contributed by atoms with E-state index in [4.69, 9.17) is 28.4 Å². The van der Waals surface area contributed by atoms with Crippen LogP contribution in [0.15, 0.2) is 60.8 Å². The Morgan fingerprint density at radius 1 is 0.424 bits per heavy atom. The number of allylic oxidation sites excluding steroid dienone is 9. The summed E-state index contributed by atoms with van der Waals surface area (Å²) in [4.78, 5) is 13.4. The minimum Gasteiger partial charge on any atom is -0.394 e. The number of unbranched alkanes of at least 4 members (excludes halogenated alkanes) is 25. The molecule has 0 radical (unpaired) electrons. The average molecular weight is 1210 g/mol. The zero-order valence-corrected chi connectivity index (χ0v) is 51.8. The van der Waals surface area contributed by atoms with Crippen molar-refractivity contribution >= 4 is 5.91 Å². The van der Waals surface area contributed by atoms with Crippen LogP contribution in [0.4, 0.5) is 0 Å². The van der Waals surface area contributed by atoms with Crippen molar-refractivity contribution in [2.75, 3.05) is 26.4 Å². The van der Waals surface area contributed by atoms with E-state index >= 15 is 0 Å². The van der Waals surface area contributed by atoms with Crippen molar-refractivity contribution in [2.24, 2.45) is 0 Å². The molecule has 19 nitrogen and oxygen atoms in total. The largest absolute Gasteiger partial charge is 0.394 e. The fourth-order valence-corrected chi connectivity index (χ4v) is 10.9. The van der Waals surface area contributed by atoms with Gasteiger partial charge in [0.2, 0.25) is 5.91 Å². The van der Waals surface area contributed by atoms with Crippen molar-refractivity contribution in [2.45, 2.75) is 324 Å². The van der Waals surface area contributed by atoms with E-state index in [2.05, 4.69) is 67.8 Å². The molecule has 3 heterocycles. The van der Waals surface area contributed by atoms with Gasteiger partial charge < -0.3 is 89.9 Å². The predicted molar refractivity (Wildman–Crippen MR) is 328 cm³/mol. The van der Waals surface area contributed by atoms with Crippen molar-refractivity contribution in [1.82, 2.24) is 5.32 Å². The summed E-state index contributed by atoms with van der Waals surface area (Å²) in [6, 6.07) is -0.992. The number of nitrogens with one attached hydrogen (secondary N) is 1. The minimum atomic E-state index is -1.98. The number of amides is 1. The Labute approximate surface area is 509 Å². The highest BCUT2D eigenvalue weighted by Gasteiger charge is 2.53. The molecular weight excluding hydrogens is 1090 g/mol. The monoisotopic (exact) mass is 1210 g/mol. The second-order valence-corrected chi connectivity index (χ2v) is 23.6. The Morgan fingerprint density at radius 2 is 0.788 bits per heavy atom. The number of ether oxygens (including phenoxy) is 6. The smallest absolute Gasteiger partial charge is 0.220 e. The molecule has 0 bridgehead atoms. The molecule has 17 atom stereocenters. The lowest BCUT2D eigenvalue weighted by molar-refractivity contribution is -0.379. The summed E-state index contributed by atoms with van der Waals surface area (Å²) >= 11 is 0. The molecule has 0 aromatic heterocycles. The Morgan fingerprint density at radius 3 is 1.26 bits per heavy atom. The maximum absolute atomic E-state index is 13.4. The van der Waals surface area contributed by atoms with Crippen LogP contribution in [-0.2, 0) is 33.2 Å². The third-order valence-corrected chi connectivity index (χ3v) is 16.3. The molecule has 494 valence electrons. The summed E-state index contributed by atoms with van der Waals surface area (Å²) in [5, 5.41) is 120. The zero-order valence-electron chi connectivity index (χ0n) is 51.8. The number of carbonyl (C=O) groups is 1. The molecule has 0 aromatic rings. The molecule has 3 saturated heterocycles. The van der Waals surface area contributed by atoms with E-state index in [1.165, 1.54) is 122 Å². The predicted octanol–water partition coefficient (Wildman–Crippen LogP) is 7.60. The number of hydrogen-bond donors (Lipinski definition) is 12. The van der Waals surface area contributed by atoms with Crippen LogP contribution in [0.3, 0.4) is 0 Å². The molecule has 0 spiro atoms. The number of hydrogen-bond acceptors (Lipinski definition) is 18. The van der Waals surface area contributed by atoms with Crippen molar-refractivity contribution in [3.63, 3.8) is 0 Å². The third-order valence-electron chi connectivity index (χ3n) is 16.3. The van der Waals surface area contributed by atoms with Crippen molar-refractivity contribution in [3.8, 4) is 0 Å². The van der Waals surface area contributed by atoms with Crippen molar-refractivity contribution in [1.29, 1.82) is 0 Å². The number of aliphatic hydroxyl groups is 11. The molecule has 0 aliphatic carbocycles. The molecule has 12 N–H and O–H groups in total. The van der Waals surface area contributed by atoms with E-state index in [0.717, 1.165) is 64.2 Å². The normalized spacial score (nSPS) is 29.4. The maximum Gasteiger partial charge on any atom is 0.220 e. The molecule has 85 heavy (non-hydrogen) atoms. The van der Waals surface area contributed by atoms with Crippen LogP contribution in [0.2, 0.25) is 0 Å². The lowest BCUT2D eigenvalue weighted by atomic mass is 9.96. The highest BCUT2D eigenvalue weighted by Crippen LogP contribution is 2.33. The van der Waals surface area contributed by atoms with Crippen LogP contribution in [0.5, 0.6) is 0 Å². The van der Waals surface area contributed by atoms with Gasteiger partial charge in [0.1, 0.15) is 73.2 Å². The first kappa shape index (κ1) is 76.7. The van der Waals surface area contributed by atoms with Gasteiger partial charge in [0.15, 0.2) is 18.9 Å². The van der Waals surface area contributed by atoms with Crippen LogP contribution < -0.4 is 5.32 Å². The van der Waals surface area contributed by atoms with Gasteiger partial charge in [-0.05, 0) is 70.6 Å². The first-order valence-corrected chi connectivity index (χ1v) is 33.0. The summed E-state index contributed by atoms with van der Waals surface area (Å²) in [6.45, 7) is 1.67. The van der Waals surface area contributed by atoms with Gasteiger partial charge in [-0.3, -0.25) is 4.79 Å². The van der Waals surface area contributed by atoms with Crippen molar-refractivity contribution in [3.05, 3.63) is 60.8 Å². The van der Waals surface area contributed by atoms with Gasteiger partial charge in [-0.2, -0.15) is 0 Å². The fraction of sp³-hybridized carbons (Fsp3) is 0.833. The second kappa shape index (κ2) is 48.4. The van der Waals surface area contributed by atoms with E-state index in [1.54, 1.807) is 6.08 Å². The second-order valence-electron chi connectivity index (χ2n) is 23.6. The molecule has 0 saturated carbocycles. The number of carbonyl (C=O) groups excluding carboxylic acids is 1. The van der Waals surface area contributed by atoms with Crippen LogP contribution in [-0.4, -0.2) is 193 Å². The molecule has 17 unspecified atom stereocenters. The highest BCUT2D eigenvalue weighted by atomic mass is 16.8. The molecular formula is C66H117NO18. The molecule has 0 aromatic carbocycles. The minimum absolute atomic E-state index is 0.231. The average Bonchev–Trinajstić information content (AvgIpc) is 2.72. The van der Waals surface area contributed by atoms with Crippen LogP contribution in [0.25, 0.3) is 0 Å². The van der Waals surface area contributed by atoms with Crippen LogP contribution >= 0.6 is 0 Å². The first-order valence-electron chi connectivity index (χ1n) is 33.0. The zero-order chi connectivity index (χ0) is 61.9. The Balaban J connectivity index is 1.43. The Bertz CT molecular complexity index is 1780. The van der Waals surface area contributed by atoms with Gasteiger partial charge in [-0.1, -0.05) is 203 Å². The van der Waals surface area contributed by atoms with Gasteiger partial charge in [0.05, 0.1) is 38.6 Å². The fourth-order valence-electron chi connectivity index (χ4n) is 10.9. The summed E-state index contributed by atoms with van der Waals surface area (Å²) in [5.74, 6) is -0.290. The lowest BCUT2D eigenvalue weighted by Gasteiger charge is -2.48. The van der Waals surface area contributed by atoms with E-state index < -0.39 is 124 Å². The van der Waals surface area contributed by atoms with Gasteiger partial charge in [-0.15, -0.1) is 0 Å². The Kier molecular flexibility index (Phi) is 43.7. The summed E-state index contributed by atoms with van der Waals surface area (Å²) in [5.41, 5.74) is 0. The molecule has 3 fully saturated rings. The van der Waals surface area contributed by atoms with Gasteiger partial charge in [0, 0.05) is 6.42 Å². The molecule has 1 amide bonds. The Hall–Kier alpha value is -2.51. The van der Waals surface area contributed by atoms with Crippen LogP contribution in [0.1, 0.15) is 219 Å². The SMILES string of the molecule is CCCCCCC/C=C\C/C=C\C/C=C\CCCCCCCCCCCCCCC(=O)NC(COC1OC(CO)C(OC2OC(CO)C(OC3OC(CO)C(O)C(O)C3O)C(O)C2O)C(O)C1O)C(O)/C=C/CC/C=C/CCCCCCCCC. The van der Waals surface area contributed by atoms with E-state index in [9.17, 15) is 61.0 Å². The summed E-state index contributed by atoms with van der Waals surface area (Å²) in [6.07, 6.45) is 30.6. The van der Waals surface area contributed by atoms with E-state index in [1.807, 2.05) is 6.08 Å². The summed E-state index contributed by atoms with van der Waals surface area (Å²) in [7, 11) is 0. The van der Waals surface area contributed by atoms with Gasteiger partial charge in [-0.25, -0.2) is 0 Å². The molecule has 19 heteroatoms. The third kappa shape index (κ3) is 31.2. The van der Waals surface area contributed by atoms with Crippen molar-refractivity contribution < 1.29 is 89.4 Å². The van der Waals surface area contributed by atoms with Gasteiger partial charge in [0.25, 0.3) is 0 Å². The quantitative estimate of drug-likeness (QED) is 0.0206. The summed E-state index contributed by atoms with van der Waals surface area (Å²) < 4.78 is 34.3. The topological polar surface area (TPSA) is 307 Å².